The van der Waals surface area contributed by atoms with E-state index in [1.54, 1.807) is 0 Å². The second kappa shape index (κ2) is 12.9. The predicted octanol–water partition coefficient (Wildman–Crippen LogP) is 16.9. The molecule has 0 atom stereocenters. The molecule has 0 unspecified atom stereocenters. The largest absolute Gasteiger partial charge is 0.456 e. The molecule has 15 aromatic rings. The molecule has 10 aromatic carbocycles. The first kappa shape index (κ1) is 34.7. The zero-order valence-corrected chi connectivity index (χ0v) is 34.7. The van der Waals surface area contributed by atoms with Crippen molar-refractivity contribution < 1.29 is 13.3 Å². The molecule has 0 amide bonds. The summed E-state index contributed by atoms with van der Waals surface area (Å²) in [4.78, 5) is 0. The Morgan fingerprint density at radius 3 is 1.05 bits per heavy atom. The van der Waals surface area contributed by atoms with E-state index in [1.807, 2.05) is 24.3 Å². The van der Waals surface area contributed by atoms with E-state index in [9.17, 15) is 0 Å². The van der Waals surface area contributed by atoms with Crippen LogP contribution >= 0.6 is 0 Å². The van der Waals surface area contributed by atoms with Crippen molar-refractivity contribution >= 4 is 109 Å². The van der Waals surface area contributed by atoms with E-state index in [-0.39, 0.29) is 0 Å². The topological polar surface area (TPSA) is 49.3 Å². The third-order valence-corrected chi connectivity index (χ3v) is 13.7. The summed E-state index contributed by atoms with van der Waals surface area (Å²) >= 11 is 0. The number of hydrogen-bond donors (Lipinski definition) is 0. The van der Waals surface area contributed by atoms with Gasteiger partial charge in [0.25, 0.3) is 0 Å². The third kappa shape index (κ3) is 4.87. The molecule has 0 bridgehead atoms. The van der Waals surface area contributed by atoms with Gasteiger partial charge in [-0.2, -0.15) is 0 Å². The molecule has 0 radical (unpaired) electrons. The van der Waals surface area contributed by atoms with Crippen molar-refractivity contribution in [3.63, 3.8) is 0 Å². The highest BCUT2D eigenvalue weighted by Gasteiger charge is 2.21. The summed E-state index contributed by atoms with van der Waals surface area (Å²) in [6.45, 7) is 0. The van der Waals surface area contributed by atoms with Crippen LogP contribution in [0.2, 0.25) is 0 Å². The summed E-state index contributed by atoms with van der Waals surface area (Å²) in [7, 11) is 0. The molecule has 0 fully saturated rings. The van der Waals surface area contributed by atoms with Gasteiger partial charge in [0.2, 0.25) is 0 Å². The van der Waals surface area contributed by atoms with Gasteiger partial charge in [0.1, 0.15) is 33.5 Å². The predicted molar refractivity (Wildman–Crippen MR) is 268 cm³/mol. The fraction of sp³-hybridized carbons (Fsp3) is 0. The standard InChI is InChI=1S/C60H34N2O3/c1-5-15-47-39(11-1)43-31-35(23-27-49(43)61(47)51-17-9-21-57-59(51)41-13-3-7-19-53(41)64-57)37-25-29-55-45(33-37)46-34-38(26-30-56(46)63-55)36-24-28-50-44(32-36)40-12-2-6-16-48(40)62(50)52-18-10-22-58-60(52)42-14-4-8-20-54(42)65-58/h1-34H. The summed E-state index contributed by atoms with van der Waals surface area (Å²) in [5, 5.41) is 11.5. The molecular weight excluding hydrogens is 797 g/mol. The lowest BCUT2D eigenvalue weighted by Crippen LogP contribution is -1.94. The first-order chi connectivity index (χ1) is 32.2. The SMILES string of the molecule is c1ccc2c(c1)oc1cccc(-n3c4ccccc4c4cc(-c5ccc6oc7ccc(-c8ccc9c(c8)c8ccccc8n9-c8cccc9oc%10ccccc%10c89)cc7c6c5)ccc43)c12. The summed E-state index contributed by atoms with van der Waals surface area (Å²) in [6, 6.07) is 73.7. The molecule has 0 spiro atoms. The number of hydrogen-bond acceptors (Lipinski definition) is 3. The number of para-hydroxylation sites is 4. The Bertz CT molecular complexity index is 4210. The van der Waals surface area contributed by atoms with E-state index in [4.69, 9.17) is 13.3 Å². The van der Waals surface area contributed by atoms with Crippen molar-refractivity contribution in [1.82, 2.24) is 9.13 Å². The Morgan fingerprint density at radius 1 is 0.231 bits per heavy atom. The molecule has 5 aromatic heterocycles. The highest BCUT2D eigenvalue weighted by molar-refractivity contribution is 6.17. The number of rotatable bonds is 4. The molecule has 0 aliphatic heterocycles. The van der Waals surface area contributed by atoms with E-state index in [2.05, 4.69) is 191 Å². The minimum Gasteiger partial charge on any atom is -0.456 e. The minimum absolute atomic E-state index is 0.874. The number of nitrogens with zero attached hydrogens (tertiary/aromatic N) is 2. The maximum Gasteiger partial charge on any atom is 0.137 e. The third-order valence-electron chi connectivity index (χ3n) is 13.7. The molecule has 65 heavy (non-hydrogen) atoms. The molecule has 5 heterocycles. The van der Waals surface area contributed by atoms with E-state index >= 15 is 0 Å². The number of benzene rings is 10. The smallest absolute Gasteiger partial charge is 0.137 e. The lowest BCUT2D eigenvalue weighted by molar-refractivity contribution is 0.668. The molecule has 302 valence electrons. The quantitative estimate of drug-likeness (QED) is 0.177. The van der Waals surface area contributed by atoms with Gasteiger partial charge in [-0.15, -0.1) is 0 Å². The van der Waals surface area contributed by atoms with Crippen molar-refractivity contribution in [2.75, 3.05) is 0 Å². The van der Waals surface area contributed by atoms with E-state index in [1.165, 1.54) is 21.5 Å². The zero-order valence-electron chi connectivity index (χ0n) is 34.7. The first-order valence-electron chi connectivity index (χ1n) is 22.1. The number of aromatic nitrogens is 2. The Labute approximate surface area is 370 Å². The van der Waals surface area contributed by atoms with Gasteiger partial charge in [-0.3, -0.25) is 0 Å². The molecular formula is C60H34N2O3. The van der Waals surface area contributed by atoms with E-state index in [0.717, 1.165) is 122 Å². The fourth-order valence-electron chi connectivity index (χ4n) is 10.8. The zero-order chi connectivity index (χ0) is 42.3. The van der Waals surface area contributed by atoms with Crippen LogP contribution < -0.4 is 0 Å². The molecule has 0 aliphatic carbocycles. The molecule has 0 saturated carbocycles. The maximum atomic E-state index is 6.49. The number of fused-ring (bicyclic) bond motifs is 15. The number of furan rings is 3. The van der Waals surface area contributed by atoms with E-state index in [0.29, 0.717) is 0 Å². The van der Waals surface area contributed by atoms with Crippen LogP contribution in [0.15, 0.2) is 220 Å². The lowest BCUT2D eigenvalue weighted by atomic mass is 9.98. The van der Waals surface area contributed by atoms with Crippen LogP contribution in [0.3, 0.4) is 0 Å². The van der Waals surface area contributed by atoms with Gasteiger partial charge in [-0.1, -0.05) is 109 Å². The first-order valence-corrected chi connectivity index (χ1v) is 22.1. The average molecular weight is 831 g/mol. The van der Waals surface area contributed by atoms with Crippen LogP contribution in [-0.2, 0) is 0 Å². The van der Waals surface area contributed by atoms with Crippen LogP contribution in [0.25, 0.3) is 143 Å². The van der Waals surface area contributed by atoms with Crippen LogP contribution in [-0.4, -0.2) is 9.13 Å². The average Bonchev–Trinajstić information content (AvgIpc) is 4.18. The molecule has 0 saturated heterocycles. The van der Waals surface area contributed by atoms with Gasteiger partial charge >= 0.3 is 0 Å². The van der Waals surface area contributed by atoms with Crippen molar-refractivity contribution in [3.05, 3.63) is 206 Å². The van der Waals surface area contributed by atoms with Gasteiger partial charge in [-0.05, 0) is 119 Å². The van der Waals surface area contributed by atoms with Gasteiger partial charge in [0.05, 0.1) is 44.2 Å². The van der Waals surface area contributed by atoms with Crippen molar-refractivity contribution in [3.8, 4) is 33.6 Å². The summed E-state index contributed by atoms with van der Waals surface area (Å²) in [5.41, 5.74) is 16.7. The highest BCUT2D eigenvalue weighted by Crippen LogP contribution is 2.43. The van der Waals surface area contributed by atoms with Crippen molar-refractivity contribution in [2.45, 2.75) is 0 Å². The molecule has 0 N–H and O–H groups in total. The minimum atomic E-state index is 0.874. The molecule has 5 nitrogen and oxygen atoms in total. The Morgan fingerprint density at radius 2 is 0.569 bits per heavy atom. The Kier molecular flexibility index (Phi) is 6.89. The van der Waals surface area contributed by atoms with Gasteiger partial charge < -0.3 is 22.4 Å². The highest BCUT2D eigenvalue weighted by atomic mass is 16.3. The normalized spacial score (nSPS) is 12.3. The summed E-state index contributed by atoms with van der Waals surface area (Å²) in [5.74, 6) is 0. The summed E-state index contributed by atoms with van der Waals surface area (Å²) in [6.07, 6.45) is 0. The second-order valence-corrected chi connectivity index (χ2v) is 17.2. The van der Waals surface area contributed by atoms with Crippen LogP contribution in [0.5, 0.6) is 0 Å². The Hall–Kier alpha value is -8.80. The van der Waals surface area contributed by atoms with Crippen molar-refractivity contribution in [1.29, 1.82) is 0 Å². The second-order valence-electron chi connectivity index (χ2n) is 17.2. The lowest BCUT2D eigenvalue weighted by Gasteiger charge is -2.10. The van der Waals surface area contributed by atoms with E-state index < -0.39 is 0 Å². The Balaban J connectivity index is 0.862. The van der Waals surface area contributed by atoms with Crippen LogP contribution in [0.1, 0.15) is 0 Å². The maximum absolute atomic E-state index is 6.49. The fourth-order valence-corrected chi connectivity index (χ4v) is 10.8. The van der Waals surface area contributed by atoms with Gasteiger partial charge in [-0.25, -0.2) is 0 Å². The molecule has 5 heteroatoms. The van der Waals surface area contributed by atoms with Gasteiger partial charge in [0.15, 0.2) is 0 Å². The molecule has 15 rings (SSSR count). The van der Waals surface area contributed by atoms with Crippen LogP contribution in [0, 0.1) is 0 Å². The monoisotopic (exact) mass is 830 g/mol. The summed E-state index contributed by atoms with van der Waals surface area (Å²) < 4.78 is 23.9. The van der Waals surface area contributed by atoms with Crippen LogP contribution in [0.4, 0.5) is 0 Å². The van der Waals surface area contributed by atoms with Crippen molar-refractivity contribution in [2.24, 2.45) is 0 Å². The molecule has 0 aliphatic rings. The van der Waals surface area contributed by atoms with Gasteiger partial charge in [0, 0.05) is 43.1 Å².